The quantitative estimate of drug-likeness (QED) is 0.496. The first-order valence-corrected chi connectivity index (χ1v) is 10.8. The van der Waals surface area contributed by atoms with E-state index < -0.39 is 0 Å². The molecule has 0 unspecified atom stereocenters. The molecule has 1 fully saturated rings. The molecule has 0 bridgehead atoms. The van der Waals surface area contributed by atoms with Crippen molar-refractivity contribution < 1.29 is 0 Å². The van der Waals surface area contributed by atoms with Gasteiger partial charge in [0.05, 0.1) is 11.0 Å². The van der Waals surface area contributed by atoms with E-state index in [1.54, 1.807) is 12.4 Å². The number of benzene rings is 2. The Labute approximate surface area is 187 Å². The molecule has 4 aromatic rings. The largest absolute Gasteiger partial charge is 0.369 e. The number of anilines is 5. The number of rotatable bonds is 5. The fraction of sp³-hybridized carbons (Fsp3) is 0.250. The van der Waals surface area contributed by atoms with E-state index in [9.17, 15) is 0 Å². The Kier molecular flexibility index (Phi) is 5.51. The highest BCUT2D eigenvalue weighted by Crippen LogP contribution is 2.24. The summed E-state index contributed by atoms with van der Waals surface area (Å²) in [6.07, 6.45) is 5.20. The van der Waals surface area contributed by atoms with Crippen LogP contribution in [0.3, 0.4) is 0 Å². The first-order chi connectivity index (χ1) is 15.6. The Morgan fingerprint density at radius 2 is 1.50 bits per heavy atom. The van der Waals surface area contributed by atoms with Gasteiger partial charge in [0.2, 0.25) is 5.95 Å². The number of aryl methyl sites for hydroxylation is 1. The van der Waals surface area contributed by atoms with E-state index in [1.165, 1.54) is 5.69 Å². The van der Waals surface area contributed by atoms with Gasteiger partial charge >= 0.3 is 0 Å². The molecule has 2 aromatic carbocycles. The molecule has 3 heterocycles. The number of aromatic nitrogens is 4. The lowest BCUT2D eigenvalue weighted by Crippen LogP contribution is -2.44. The van der Waals surface area contributed by atoms with Gasteiger partial charge in [-0.25, -0.2) is 4.98 Å². The number of hydrogen-bond acceptors (Lipinski definition) is 8. The van der Waals surface area contributed by atoms with E-state index in [2.05, 4.69) is 71.7 Å². The van der Waals surface area contributed by atoms with Crippen LogP contribution in [0.1, 0.15) is 5.56 Å². The maximum absolute atomic E-state index is 4.68. The van der Waals surface area contributed by atoms with Crippen LogP contribution >= 0.6 is 0 Å². The number of fused-ring (bicyclic) bond motifs is 1. The number of nitrogens with one attached hydrogen (secondary N) is 2. The van der Waals surface area contributed by atoms with Crippen LogP contribution < -0.4 is 15.5 Å². The molecule has 0 radical (unpaired) electrons. The number of nitrogens with zero attached hydrogens (tertiary/aromatic N) is 6. The summed E-state index contributed by atoms with van der Waals surface area (Å²) in [6.45, 7) is 6.28. The Morgan fingerprint density at radius 3 is 2.28 bits per heavy atom. The Balaban J connectivity index is 1.30. The van der Waals surface area contributed by atoms with Crippen molar-refractivity contribution in [3.05, 3.63) is 66.6 Å². The molecule has 0 saturated carbocycles. The minimum atomic E-state index is 0.547. The van der Waals surface area contributed by atoms with E-state index >= 15 is 0 Å². The molecule has 2 N–H and O–H groups in total. The van der Waals surface area contributed by atoms with Crippen LogP contribution in [0, 0.1) is 6.92 Å². The number of likely N-dealkylation sites (N-methyl/N-ethyl adjacent to an activating group) is 1. The SMILES string of the molecule is Cc1cnc(Nc2ccc(N3CCN(C)CC3)cc2)nc1Nc1ccc2nccnc2c1. The third-order valence-corrected chi connectivity index (χ3v) is 5.70. The van der Waals surface area contributed by atoms with Crippen LogP contribution in [-0.2, 0) is 0 Å². The van der Waals surface area contributed by atoms with Gasteiger partial charge in [0.1, 0.15) is 5.82 Å². The molecular formula is C24H26N8. The summed E-state index contributed by atoms with van der Waals surface area (Å²) >= 11 is 0. The van der Waals surface area contributed by atoms with Crippen LogP contribution in [0.25, 0.3) is 11.0 Å². The number of hydrogen-bond donors (Lipinski definition) is 2. The standard InChI is InChI=1S/C24H26N8/c1-17-16-27-24(29-18-3-6-20(7-4-18)32-13-11-31(2)12-14-32)30-23(17)28-19-5-8-21-22(15-19)26-10-9-25-21/h3-10,15-16H,11-14H2,1-2H3,(H2,27,28,29,30). The van der Waals surface area contributed by atoms with Crippen molar-refractivity contribution in [1.82, 2.24) is 24.8 Å². The zero-order chi connectivity index (χ0) is 21.9. The molecular weight excluding hydrogens is 400 g/mol. The van der Waals surface area contributed by atoms with Gasteiger partial charge in [0, 0.05) is 67.4 Å². The van der Waals surface area contributed by atoms with E-state index in [0.29, 0.717) is 5.95 Å². The Bertz CT molecular complexity index is 1220. The second-order valence-corrected chi connectivity index (χ2v) is 8.07. The predicted octanol–water partition coefficient (Wildman–Crippen LogP) is 3.97. The van der Waals surface area contributed by atoms with E-state index in [4.69, 9.17) is 0 Å². The highest BCUT2D eigenvalue weighted by atomic mass is 15.2. The van der Waals surface area contributed by atoms with E-state index in [-0.39, 0.29) is 0 Å². The van der Waals surface area contributed by atoms with E-state index in [0.717, 1.165) is 60.0 Å². The maximum Gasteiger partial charge on any atom is 0.229 e. The van der Waals surface area contributed by atoms with Gasteiger partial charge in [-0.15, -0.1) is 0 Å². The van der Waals surface area contributed by atoms with Crippen molar-refractivity contribution >= 4 is 39.9 Å². The minimum Gasteiger partial charge on any atom is -0.369 e. The summed E-state index contributed by atoms with van der Waals surface area (Å²) in [5.41, 5.74) is 5.76. The van der Waals surface area contributed by atoms with Crippen molar-refractivity contribution in [3.63, 3.8) is 0 Å². The molecule has 1 saturated heterocycles. The van der Waals surface area contributed by atoms with Crippen LogP contribution in [0.15, 0.2) is 61.1 Å². The zero-order valence-corrected chi connectivity index (χ0v) is 18.3. The van der Waals surface area contributed by atoms with Gasteiger partial charge in [0.25, 0.3) is 0 Å². The molecule has 1 aliphatic rings. The Hall–Kier alpha value is -3.78. The lowest BCUT2D eigenvalue weighted by Gasteiger charge is -2.34. The molecule has 0 atom stereocenters. The van der Waals surface area contributed by atoms with Gasteiger partial charge in [-0.3, -0.25) is 9.97 Å². The molecule has 1 aliphatic heterocycles. The van der Waals surface area contributed by atoms with Crippen molar-refractivity contribution in [1.29, 1.82) is 0 Å². The van der Waals surface area contributed by atoms with Crippen LogP contribution in [0.2, 0.25) is 0 Å². The van der Waals surface area contributed by atoms with Gasteiger partial charge in [-0.2, -0.15) is 4.98 Å². The summed E-state index contributed by atoms with van der Waals surface area (Å²) in [5.74, 6) is 1.30. The Morgan fingerprint density at radius 1 is 0.781 bits per heavy atom. The van der Waals surface area contributed by atoms with Crippen molar-refractivity contribution in [2.24, 2.45) is 0 Å². The molecule has 2 aromatic heterocycles. The second kappa shape index (κ2) is 8.76. The third kappa shape index (κ3) is 4.45. The van der Waals surface area contributed by atoms with Crippen LogP contribution in [-0.4, -0.2) is 58.1 Å². The summed E-state index contributed by atoms with van der Waals surface area (Å²) in [7, 11) is 2.17. The minimum absolute atomic E-state index is 0.547. The molecule has 162 valence electrons. The summed E-state index contributed by atoms with van der Waals surface area (Å²) < 4.78 is 0. The summed E-state index contributed by atoms with van der Waals surface area (Å²) in [4.78, 5) is 22.6. The highest BCUT2D eigenvalue weighted by Gasteiger charge is 2.14. The highest BCUT2D eigenvalue weighted by molar-refractivity contribution is 5.79. The average Bonchev–Trinajstić information content (AvgIpc) is 2.82. The maximum atomic E-state index is 4.68. The molecule has 8 heteroatoms. The van der Waals surface area contributed by atoms with Gasteiger partial charge in [-0.05, 0) is 56.4 Å². The second-order valence-electron chi connectivity index (χ2n) is 8.07. The average molecular weight is 427 g/mol. The van der Waals surface area contributed by atoms with Crippen LogP contribution in [0.4, 0.5) is 28.8 Å². The third-order valence-electron chi connectivity index (χ3n) is 5.70. The van der Waals surface area contributed by atoms with Gasteiger partial charge < -0.3 is 20.4 Å². The number of piperazine rings is 1. The van der Waals surface area contributed by atoms with Crippen molar-refractivity contribution in [2.45, 2.75) is 6.92 Å². The predicted molar refractivity (Wildman–Crippen MR) is 129 cm³/mol. The molecule has 5 rings (SSSR count). The van der Waals surface area contributed by atoms with Crippen molar-refractivity contribution in [2.75, 3.05) is 48.8 Å². The zero-order valence-electron chi connectivity index (χ0n) is 18.3. The van der Waals surface area contributed by atoms with Gasteiger partial charge in [-0.1, -0.05) is 0 Å². The normalized spacial score (nSPS) is 14.5. The lowest BCUT2D eigenvalue weighted by molar-refractivity contribution is 0.313. The molecule has 32 heavy (non-hydrogen) atoms. The monoisotopic (exact) mass is 426 g/mol. The van der Waals surface area contributed by atoms with Crippen molar-refractivity contribution in [3.8, 4) is 0 Å². The summed E-state index contributed by atoms with van der Waals surface area (Å²) in [5, 5.41) is 6.69. The lowest BCUT2D eigenvalue weighted by atomic mass is 10.2. The first-order valence-electron chi connectivity index (χ1n) is 10.8. The topological polar surface area (TPSA) is 82.1 Å². The molecule has 0 aliphatic carbocycles. The van der Waals surface area contributed by atoms with Crippen LogP contribution in [0.5, 0.6) is 0 Å². The fourth-order valence-electron chi connectivity index (χ4n) is 3.76. The van der Waals surface area contributed by atoms with Gasteiger partial charge in [0.15, 0.2) is 0 Å². The molecule has 0 amide bonds. The molecule has 8 nitrogen and oxygen atoms in total. The summed E-state index contributed by atoms with van der Waals surface area (Å²) in [6, 6.07) is 14.3. The first kappa shape index (κ1) is 20.1. The smallest absolute Gasteiger partial charge is 0.229 e. The fourth-order valence-corrected chi connectivity index (χ4v) is 3.76. The molecule has 0 spiro atoms. The van der Waals surface area contributed by atoms with E-state index in [1.807, 2.05) is 31.3 Å².